The Morgan fingerprint density at radius 2 is 2.18 bits per heavy atom. The number of hydrogen-bond donors (Lipinski definition) is 0. The first kappa shape index (κ1) is 16.0. The number of allylic oxidation sites excluding steroid dienone is 1. The molecule has 0 N–H and O–H groups in total. The fourth-order valence-corrected chi connectivity index (χ4v) is 5.56. The van der Waals surface area contributed by atoms with Crippen molar-refractivity contribution in [2.24, 2.45) is 5.41 Å². The number of carbonyl (C=O) groups excluding carboxylic acids is 1. The summed E-state index contributed by atoms with van der Waals surface area (Å²) in [5.41, 5.74) is 0.398. The van der Waals surface area contributed by atoms with Crippen LogP contribution < -0.4 is 4.90 Å². The van der Waals surface area contributed by atoms with E-state index < -0.39 is 0 Å². The van der Waals surface area contributed by atoms with Gasteiger partial charge in [0, 0.05) is 18.7 Å². The Morgan fingerprint density at radius 1 is 1.45 bits per heavy atom. The molecule has 2 aliphatic carbocycles. The highest BCUT2D eigenvalue weighted by molar-refractivity contribution is 8.01. The molecule has 2 saturated carbocycles. The first-order valence-corrected chi connectivity index (χ1v) is 9.81. The van der Waals surface area contributed by atoms with Crippen LogP contribution in [-0.4, -0.2) is 27.9 Å². The molecule has 1 aromatic rings. The van der Waals surface area contributed by atoms with E-state index in [2.05, 4.69) is 22.9 Å². The number of anilines is 1. The summed E-state index contributed by atoms with van der Waals surface area (Å²) >= 11 is 3.36. The quantitative estimate of drug-likeness (QED) is 0.423. The van der Waals surface area contributed by atoms with E-state index in [1.165, 1.54) is 25.7 Å². The number of nitrogens with zero attached hydrogens (tertiary/aromatic N) is 3. The van der Waals surface area contributed by atoms with Crippen LogP contribution in [0.1, 0.15) is 51.9 Å². The Balaban J connectivity index is 1.64. The van der Waals surface area contributed by atoms with E-state index in [1.807, 2.05) is 4.90 Å². The average Bonchev–Trinajstić information content (AvgIpc) is 3.00. The van der Waals surface area contributed by atoms with Crippen molar-refractivity contribution in [2.45, 2.75) is 62.3 Å². The third-order valence-corrected chi connectivity index (χ3v) is 7.00. The van der Waals surface area contributed by atoms with E-state index in [9.17, 15) is 4.79 Å². The lowest BCUT2D eigenvalue weighted by molar-refractivity contribution is -0.116. The van der Waals surface area contributed by atoms with Gasteiger partial charge in [-0.2, -0.15) is 0 Å². The van der Waals surface area contributed by atoms with E-state index >= 15 is 0 Å². The molecule has 1 heterocycles. The van der Waals surface area contributed by atoms with Crippen molar-refractivity contribution in [3.63, 3.8) is 0 Å². The summed E-state index contributed by atoms with van der Waals surface area (Å²) in [6, 6.07) is 0.352. The van der Waals surface area contributed by atoms with Crippen LogP contribution in [-0.2, 0) is 4.79 Å². The fraction of sp³-hybridized carbons (Fsp3) is 0.688. The van der Waals surface area contributed by atoms with E-state index in [0.29, 0.717) is 11.5 Å². The van der Waals surface area contributed by atoms with Gasteiger partial charge in [-0.3, -0.25) is 9.69 Å². The van der Waals surface area contributed by atoms with Crippen molar-refractivity contribution in [3.05, 3.63) is 12.7 Å². The Morgan fingerprint density at radius 3 is 2.77 bits per heavy atom. The molecule has 22 heavy (non-hydrogen) atoms. The van der Waals surface area contributed by atoms with Crippen LogP contribution >= 0.6 is 23.1 Å². The molecule has 0 aliphatic heterocycles. The van der Waals surface area contributed by atoms with Crippen molar-refractivity contribution in [1.29, 1.82) is 0 Å². The van der Waals surface area contributed by atoms with Crippen LogP contribution in [0.3, 0.4) is 0 Å². The first-order valence-electron chi connectivity index (χ1n) is 8.01. The third kappa shape index (κ3) is 3.54. The molecule has 120 valence electrons. The zero-order valence-corrected chi connectivity index (χ0v) is 14.7. The Labute approximate surface area is 140 Å². The molecule has 0 atom stereocenters. The zero-order chi connectivity index (χ0) is 15.6. The lowest BCUT2D eigenvalue weighted by atomic mass is 9.85. The van der Waals surface area contributed by atoms with E-state index in [-0.39, 0.29) is 5.91 Å². The van der Waals surface area contributed by atoms with Crippen LogP contribution in [0.4, 0.5) is 5.13 Å². The van der Waals surface area contributed by atoms with Crippen LogP contribution in [0.15, 0.2) is 17.0 Å². The smallest absolute Gasteiger partial charge is 0.225 e. The highest BCUT2D eigenvalue weighted by Crippen LogP contribution is 2.46. The van der Waals surface area contributed by atoms with Crippen molar-refractivity contribution in [3.8, 4) is 0 Å². The summed E-state index contributed by atoms with van der Waals surface area (Å²) < 4.78 is 0.984. The summed E-state index contributed by atoms with van der Waals surface area (Å²) in [5, 5.41) is 9.30. The summed E-state index contributed by atoms with van der Waals surface area (Å²) in [5.74, 6) is 1.16. The number of amides is 1. The second kappa shape index (κ2) is 6.71. The lowest BCUT2D eigenvalue weighted by Crippen LogP contribution is -2.30. The average molecular weight is 338 g/mol. The lowest BCUT2D eigenvalue weighted by Gasteiger charge is -2.26. The van der Waals surface area contributed by atoms with E-state index in [1.54, 1.807) is 30.0 Å². The molecule has 4 nitrogen and oxygen atoms in total. The maximum absolute atomic E-state index is 11.8. The molecule has 2 fully saturated rings. The fourth-order valence-electron chi connectivity index (χ4n) is 3.29. The molecule has 0 radical (unpaired) electrons. The van der Waals surface area contributed by atoms with Crippen LogP contribution in [0.25, 0.3) is 0 Å². The molecule has 1 aromatic heterocycles. The SMILES string of the molecule is C=CCC1(CSc2nnc(N(C(C)=O)C3CC3)s2)CCCC1. The number of aromatic nitrogens is 2. The molecule has 0 bridgehead atoms. The van der Waals surface area contributed by atoms with E-state index in [0.717, 1.165) is 34.5 Å². The molecule has 0 aromatic carbocycles. The summed E-state index contributed by atoms with van der Waals surface area (Å²) in [6.07, 6.45) is 10.6. The van der Waals surface area contributed by atoms with Crippen molar-refractivity contribution in [1.82, 2.24) is 10.2 Å². The molecular formula is C16H23N3OS2. The number of thioether (sulfide) groups is 1. The van der Waals surface area contributed by atoms with Crippen LogP contribution in [0.2, 0.25) is 0 Å². The van der Waals surface area contributed by atoms with Crippen LogP contribution in [0.5, 0.6) is 0 Å². The summed E-state index contributed by atoms with van der Waals surface area (Å²) in [7, 11) is 0. The second-order valence-electron chi connectivity index (χ2n) is 6.46. The molecule has 0 unspecified atom stereocenters. The van der Waals surface area contributed by atoms with Gasteiger partial charge < -0.3 is 0 Å². The van der Waals surface area contributed by atoms with Gasteiger partial charge in [0.1, 0.15) is 0 Å². The number of carbonyl (C=O) groups is 1. The third-order valence-electron chi connectivity index (χ3n) is 4.60. The minimum atomic E-state index is 0.0779. The van der Waals surface area contributed by atoms with Gasteiger partial charge in [0.25, 0.3) is 0 Å². The van der Waals surface area contributed by atoms with Gasteiger partial charge in [-0.05, 0) is 37.5 Å². The van der Waals surface area contributed by atoms with Gasteiger partial charge in [-0.25, -0.2) is 0 Å². The van der Waals surface area contributed by atoms with E-state index in [4.69, 9.17) is 0 Å². The standard InChI is InChI=1S/C16H23N3OS2/c1-3-8-16(9-4-5-10-16)11-21-15-18-17-14(22-15)19(12(2)20)13-6-7-13/h3,13H,1,4-11H2,2H3. The Bertz CT molecular complexity index is 547. The first-order chi connectivity index (χ1) is 10.6. The van der Waals surface area contributed by atoms with Crippen molar-refractivity contribution >= 4 is 34.1 Å². The maximum Gasteiger partial charge on any atom is 0.225 e. The topological polar surface area (TPSA) is 46.1 Å². The summed E-state index contributed by atoms with van der Waals surface area (Å²) in [4.78, 5) is 13.6. The Hall–Kier alpha value is -0.880. The molecule has 1 amide bonds. The predicted octanol–water partition coefficient (Wildman–Crippen LogP) is 4.28. The van der Waals surface area contributed by atoms with Gasteiger partial charge >= 0.3 is 0 Å². The molecule has 6 heteroatoms. The van der Waals surface area contributed by atoms with Crippen molar-refractivity contribution < 1.29 is 4.79 Å². The molecule has 3 rings (SSSR count). The van der Waals surface area contributed by atoms with Gasteiger partial charge in [0.15, 0.2) is 4.34 Å². The van der Waals surface area contributed by atoms with Gasteiger partial charge in [0.05, 0.1) is 0 Å². The highest BCUT2D eigenvalue weighted by atomic mass is 32.2. The highest BCUT2D eigenvalue weighted by Gasteiger charge is 2.35. The monoisotopic (exact) mass is 337 g/mol. The minimum Gasteiger partial charge on any atom is -0.284 e. The Kier molecular flexibility index (Phi) is 4.88. The molecular weight excluding hydrogens is 314 g/mol. The molecule has 0 saturated heterocycles. The number of hydrogen-bond acceptors (Lipinski definition) is 5. The summed E-state index contributed by atoms with van der Waals surface area (Å²) in [6.45, 7) is 5.53. The zero-order valence-electron chi connectivity index (χ0n) is 13.1. The van der Waals surface area contributed by atoms with Gasteiger partial charge in [0.2, 0.25) is 11.0 Å². The van der Waals surface area contributed by atoms with Crippen LogP contribution in [0, 0.1) is 5.41 Å². The minimum absolute atomic E-state index is 0.0779. The van der Waals surface area contributed by atoms with Crippen molar-refractivity contribution in [2.75, 3.05) is 10.7 Å². The number of rotatable bonds is 7. The molecule has 2 aliphatic rings. The largest absolute Gasteiger partial charge is 0.284 e. The maximum atomic E-state index is 11.8. The normalized spacial score (nSPS) is 20.0. The predicted molar refractivity (Wildman–Crippen MR) is 92.5 cm³/mol. The molecule has 0 spiro atoms. The van der Waals surface area contributed by atoms with Gasteiger partial charge in [-0.15, -0.1) is 16.8 Å². The van der Waals surface area contributed by atoms with Gasteiger partial charge in [-0.1, -0.05) is 42.0 Å². The second-order valence-corrected chi connectivity index (χ2v) is 8.64.